The van der Waals surface area contributed by atoms with E-state index in [1.807, 2.05) is 0 Å². The molecule has 1 aliphatic rings. The van der Waals surface area contributed by atoms with Gasteiger partial charge in [-0.2, -0.15) is 0 Å². The fraction of sp³-hybridized carbons (Fsp3) is 0. The first-order chi connectivity index (χ1) is 3.72. The smallest absolute Gasteiger partial charge is 0.253 e. The standard InChI is InChI=1S/C2HN3O2/c6-1-3-2(7)5-4-1/h(H,3,6,7)/i/hD. The summed E-state index contributed by atoms with van der Waals surface area (Å²) in [6, 6.07) is -1.87. The molecule has 0 saturated carbocycles. The highest BCUT2D eigenvalue weighted by atomic mass is 16.2. The summed E-state index contributed by atoms with van der Waals surface area (Å²) in [7, 11) is 0. The van der Waals surface area contributed by atoms with Crippen LogP contribution in [0.1, 0.15) is 0 Å². The molecule has 1 heterocycles. The Morgan fingerprint density at radius 1 is 1.43 bits per heavy atom. The molecule has 0 aromatic carbocycles. The van der Waals surface area contributed by atoms with E-state index >= 15 is 0 Å². The van der Waals surface area contributed by atoms with Gasteiger partial charge in [0.05, 0.1) is 0 Å². The molecule has 1 aliphatic heterocycles. The molecule has 1 N–H and O–H groups in total. The van der Waals surface area contributed by atoms with Crippen molar-refractivity contribution in [3.8, 4) is 0 Å². The minimum absolute atomic E-state index is 0.0833. The molecule has 5 heteroatoms. The van der Waals surface area contributed by atoms with Crippen LogP contribution in [0.5, 0.6) is 0 Å². The van der Waals surface area contributed by atoms with Crippen LogP contribution < -0.4 is 5.31 Å². The number of carbonyl (C=O) groups excluding carboxylic acids is 2. The maximum Gasteiger partial charge on any atom is 0.367 e. The van der Waals surface area contributed by atoms with Crippen molar-refractivity contribution in [1.29, 1.82) is 0 Å². The predicted molar refractivity (Wildman–Crippen MR) is 18.8 cm³/mol. The van der Waals surface area contributed by atoms with E-state index in [4.69, 9.17) is 1.41 Å². The Morgan fingerprint density at radius 2 is 1.86 bits per heavy atom. The summed E-state index contributed by atoms with van der Waals surface area (Å²) in [6.45, 7) is 0. The van der Waals surface area contributed by atoms with Crippen LogP contribution in [0.25, 0.3) is 0 Å². The number of nitrogens with zero attached hydrogens (tertiary/aromatic N) is 2. The van der Waals surface area contributed by atoms with Gasteiger partial charge in [-0.05, 0) is 0 Å². The van der Waals surface area contributed by atoms with Gasteiger partial charge < -0.3 is 0 Å². The van der Waals surface area contributed by atoms with Crippen LogP contribution in [-0.2, 0) is 0 Å². The molecule has 0 aromatic heterocycles. The molecule has 4 amide bonds. The first-order valence-corrected chi connectivity index (χ1v) is 1.50. The third-order valence-corrected chi connectivity index (χ3v) is 0.412. The van der Waals surface area contributed by atoms with Gasteiger partial charge in [0.15, 0.2) is 1.41 Å². The number of rotatable bonds is 0. The van der Waals surface area contributed by atoms with Crippen molar-refractivity contribution in [2.75, 3.05) is 0 Å². The van der Waals surface area contributed by atoms with Crippen LogP contribution in [0, 0.1) is 0 Å². The summed E-state index contributed by atoms with van der Waals surface area (Å²) in [6.07, 6.45) is 0. The molecule has 0 radical (unpaired) electrons. The number of amides is 4. The number of imide groups is 1. The van der Waals surface area contributed by atoms with Gasteiger partial charge in [0, 0.05) is 0 Å². The summed E-state index contributed by atoms with van der Waals surface area (Å²) in [4.78, 5) is 20.1. The molecule has 0 fully saturated rings. The number of urea groups is 2. The Morgan fingerprint density at radius 3 is 2.00 bits per heavy atom. The largest absolute Gasteiger partial charge is 0.367 e. The Bertz CT molecular complexity index is 158. The molecule has 0 spiro atoms. The quantitative estimate of drug-likeness (QED) is 0.475. The van der Waals surface area contributed by atoms with Gasteiger partial charge in [0.1, 0.15) is 0 Å². The maximum atomic E-state index is 10.0. The second kappa shape index (κ2) is 1.11. The topological polar surface area (TPSA) is 70.9 Å². The predicted octanol–water partition coefficient (Wildman–Crippen LogP) is 0.282. The van der Waals surface area contributed by atoms with Crippen LogP contribution in [0.3, 0.4) is 0 Å². The Hall–Kier alpha value is -1.26. The lowest BCUT2D eigenvalue weighted by Gasteiger charge is -1.74. The van der Waals surface area contributed by atoms with Crippen molar-refractivity contribution in [3.05, 3.63) is 0 Å². The van der Waals surface area contributed by atoms with Crippen molar-refractivity contribution in [2.24, 2.45) is 10.2 Å². The number of nitrogens with one attached hydrogen (secondary N) is 1. The van der Waals surface area contributed by atoms with E-state index in [2.05, 4.69) is 10.2 Å². The van der Waals surface area contributed by atoms with Crippen LogP contribution in [0.4, 0.5) is 9.59 Å². The number of azo groups is 1. The van der Waals surface area contributed by atoms with E-state index in [9.17, 15) is 9.59 Å². The summed E-state index contributed by atoms with van der Waals surface area (Å²) in [5.41, 5.74) is 0. The molecule has 36 valence electrons. The van der Waals surface area contributed by atoms with E-state index in [0.717, 1.165) is 0 Å². The van der Waals surface area contributed by atoms with E-state index in [0.29, 0.717) is 0 Å². The first kappa shape index (κ1) is 2.84. The zero-order valence-corrected chi connectivity index (χ0v) is 3.16. The molecule has 0 bridgehead atoms. The number of hydrogen-bond donors (Lipinski definition) is 1. The van der Waals surface area contributed by atoms with Gasteiger partial charge in [-0.15, -0.1) is 0 Å². The van der Waals surface area contributed by atoms with Crippen molar-refractivity contribution in [1.82, 2.24) is 5.31 Å². The lowest BCUT2D eigenvalue weighted by molar-refractivity contribution is 0.243. The van der Waals surface area contributed by atoms with Gasteiger partial charge >= 0.3 is 12.1 Å². The van der Waals surface area contributed by atoms with Crippen LogP contribution in [-0.4, -0.2) is 12.1 Å². The molecule has 5 nitrogen and oxygen atoms in total. The number of carbonyl (C=O) groups is 2. The lowest BCUT2D eigenvalue weighted by Crippen LogP contribution is -2.17. The van der Waals surface area contributed by atoms with Crippen LogP contribution in [0.15, 0.2) is 10.2 Å². The van der Waals surface area contributed by atoms with Crippen molar-refractivity contribution in [2.45, 2.75) is 0 Å². The normalized spacial score (nSPS) is 21.1. The average Bonchev–Trinajstić information content (AvgIpc) is 1.98. The van der Waals surface area contributed by atoms with E-state index < -0.39 is 12.1 Å². The zero-order valence-electron chi connectivity index (χ0n) is 4.16. The highest BCUT2D eigenvalue weighted by Gasteiger charge is 2.11. The maximum absolute atomic E-state index is 10.0. The summed E-state index contributed by atoms with van der Waals surface area (Å²) >= 11 is 0. The second-order valence-electron chi connectivity index (χ2n) is 0.877. The fourth-order valence-corrected chi connectivity index (χ4v) is 0.212. The summed E-state index contributed by atoms with van der Waals surface area (Å²) in [5.74, 6) is 0. The monoisotopic (exact) mass is 100 g/mol. The van der Waals surface area contributed by atoms with Gasteiger partial charge in [0.25, 0.3) is 0 Å². The Balaban J connectivity index is 2.84. The van der Waals surface area contributed by atoms with Crippen molar-refractivity contribution < 1.29 is 11.0 Å². The van der Waals surface area contributed by atoms with Crippen LogP contribution in [0.2, 0.25) is 1.41 Å². The molecule has 0 saturated heterocycles. The molecule has 0 aliphatic carbocycles. The number of hydrogen-bond acceptors (Lipinski definition) is 2. The average molecular weight is 100 g/mol. The van der Waals surface area contributed by atoms with Gasteiger partial charge in [-0.3, -0.25) is 5.31 Å². The molecular formula is C2HN3O2. The van der Waals surface area contributed by atoms with Crippen molar-refractivity contribution in [3.63, 3.8) is 0 Å². The molecule has 0 aromatic rings. The molecule has 7 heavy (non-hydrogen) atoms. The second-order valence-corrected chi connectivity index (χ2v) is 0.877. The van der Waals surface area contributed by atoms with Gasteiger partial charge in [0.2, 0.25) is 0 Å². The Kier molecular flexibility index (Phi) is 0.449. The third kappa shape index (κ3) is 0.594. The fourth-order valence-electron chi connectivity index (χ4n) is 0.212. The van der Waals surface area contributed by atoms with E-state index in [1.54, 1.807) is 0 Å². The van der Waals surface area contributed by atoms with Gasteiger partial charge in [-0.1, -0.05) is 10.2 Å². The SMILES string of the molecule is [2H]N1C(=O)N=NC1=O. The molecule has 1 rings (SSSR count). The minimum atomic E-state index is -0.935. The zero-order chi connectivity index (χ0) is 6.15. The molecular weight excluding hydrogens is 98.0 g/mol. The van der Waals surface area contributed by atoms with E-state index in [-0.39, 0.29) is 5.31 Å². The minimum Gasteiger partial charge on any atom is -0.253 e. The summed E-state index contributed by atoms with van der Waals surface area (Å²) in [5, 5.41) is 5.63. The molecule has 0 unspecified atom stereocenters. The van der Waals surface area contributed by atoms with Gasteiger partial charge in [-0.25, -0.2) is 9.59 Å². The third-order valence-electron chi connectivity index (χ3n) is 0.412. The first-order valence-electron chi connectivity index (χ1n) is 1.95. The summed E-state index contributed by atoms with van der Waals surface area (Å²) < 4.78 is 6.49. The van der Waals surface area contributed by atoms with Crippen LogP contribution >= 0.6 is 0 Å². The lowest BCUT2D eigenvalue weighted by atomic mass is 11.0. The Labute approximate surface area is 39.9 Å². The highest BCUT2D eigenvalue weighted by molar-refractivity contribution is 5.98. The van der Waals surface area contributed by atoms with Crippen molar-refractivity contribution >= 4 is 12.1 Å². The van der Waals surface area contributed by atoms with E-state index in [1.165, 1.54) is 0 Å². The molecule has 0 atom stereocenters. The highest BCUT2D eigenvalue weighted by Crippen LogP contribution is 1.88.